The van der Waals surface area contributed by atoms with Crippen LogP contribution in [-0.2, 0) is 0 Å². The number of nitrogens with zero attached hydrogens (tertiary/aromatic N) is 2. The van der Waals surface area contributed by atoms with E-state index in [0.717, 1.165) is 29.8 Å². The fourth-order valence-corrected chi connectivity index (χ4v) is 3.75. The molecule has 0 spiro atoms. The summed E-state index contributed by atoms with van der Waals surface area (Å²) in [6.45, 7) is 2.44. The van der Waals surface area contributed by atoms with E-state index in [-0.39, 0.29) is 11.8 Å². The van der Waals surface area contributed by atoms with E-state index in [1.165, 1.54) is 0 Å². The molecule has 3 aromatic rings. The lowest BCUT2D eigenvalue weighted by molar-refractivity contribution is 0.0705. The molecule has 1 saturated heterocycles. The van der Waals surface area contributed by atoms with E-state index in [2.05, 4.69) is 4.98 Å². The standard InChI is InChI=1S/C21H20N2O4/c24-21(15-5-6-18-19(13-15)26-12-11-25-18)23-9-7-14(8-10-23)20-22-16-3-1-2-4-17(16)27-20/h1-6,13-14H,7-12H2. The molecule has 2 aliphatic rings. The van der Waals surface area contributed by atoms with Crippen molar-refractivity contribution < 1.29 is 18.7 Å². The number of piperidine rings is 1. The Balaban J connectivity index is 1.28. The lowest BCUT2D eigenvalue weighted by Gasteiger charge is -2.31. The van der Waals surface area contributed by atoms with Gasteiger partial charge in [-0.15, -0.1) is 0 Å². The normalized spacial score (nSPS) is 17.3. The zero-order valence-corrected chi connectivity index (χ0v) is 14.9. The van der Waals surface area contributed by atoms with Crippen molar-refractivity contribution in [1.29, 1.82) is 0 Å². The summed E-state index contributed by atoms with van der Waals surface area (Å²) in [6, 6.07) is 13.2. The van der Waals surface area contributed by atoms with E-state index < -0.39 is 0 Å². The Hall–Kier alpha value is -3.02. The quantitative estimate of drug-likeness (QED) is 0.695. The lowest BCUT2D eigenvalue weighted by Crippen LogP contribution is -2.38. The molecule has 0 atom stereocenters. The number of hydrogen-bond acceptors (Lipinski definition) is 5. The van der Waals surface area contributed by atoms with Crippen molar-refractivity contribution in [3.05, 3.63) is 53.9 Å². The first-order chi connectivity index (χ1) is 13.3. The van der Waals surface area contributed by atoms with Crippen LogP contribution in [0.2, 0.25) is 0 Å². The van der Waals surface area contributed by atoms with Gasteiger partial charge in [0.05, 0.1) is 0 Å². The molecule has 0 unspecified atom stereocenters. The van der Waals surface area contributed by atoms with Gasteiger partial charge in [-0.25, -0.2) is 4.98 Å². The molecule has 5 rings (SSSR count). The highest BCUT2D eigenvalue weighted by Gasteiger charge is 2.28. The molecule has 3 heterocycles. The molecule has 0 saturated carbocycles. The number of oxazole rings is 1. The molecule has 0 bridgehead atoms. The minimum Gasteiger partial charge on any atom is -0.486 e. The lowest BCUT2D eigenvalue weighted by atomic mass is 9.96. The van der Waals surface area contributed by atoms with Gasteiger partial charge in [0.25, 0.3) is 5.91 Å². The molecule has 2 aliphatic heterocycles. The fourth-order valence-electron chi connectivity index (χ4n) is 3.75. The third-order valence-electron chi connectivity index (χ3n) is 5.23. The van der Waals surface area contributed by atoms with Crippen molar-refractivity contribution in [2.24, 2.45) is 0 Å². The van der Waals surface area contributed by atoms with Crippen LogP contribution in [0.15, 0.2) is 46.9 Å². The zero-order valence-electron chi connectivity index (χ0n) is 14.9. The minimum absolute atomic E-state index is 0.0305. The summed E-state index contributed by atoms with van der Waals surface area (Å²) in [5.74, 6) is 2.41. The second-order valence-corrected chi connectivity index (χ2v) is 6.94. The zero-order chi connectivity index (χ0) is 18.2. The molecule has 0 N–H and O–H groups in total. The van der Waals surface area contributed by atoms with Crippen LogP contribution in [0.5, 0.6) is 11.5 Å². The number of amides is 1. The second kappa shape index (κ2) is 6.61. The van der Waals surface area contributed by atoms with Crippen LogP contribution in [0.4, 0.5) is 0 Å². The number of rotatable bonds is 2. The summed E-state index contributed by atoms with van der Waals surface area (Å²) < 4.78 is 17.0. The molecule has 6 nitrogen and oxygen atoms in total. The Morgan fingerprint density at radius 3 is 2.59 bits per heavy atom. The fraction of sp³-hybridized carbons (Fsp3) is 0.333. The number of likely N-dealkylation sites (tertiary alicyclic amines) is 1. The molecule has 27 heavy (non-hydrogen) atoms. The molecule has 1 aromatic heterocycles. The largest absolute Gasteiger partial charge is 0.486 e. The summed E-state index contributed by atoms with van der Waals surface area (Å²) in [5.41, 5.74) is 2.35. The summed E-state index contributed by atoms with van der Waals surface area (Å²) in [5, 5.41) is 0. The van der Waals surface area contributed by atoms with Crippen LogP contribution in [0.1, 0.15) is 35.0 Å². The first-order valence-electron chi connectivity index (χ1n) is 9.32. The summed E-state index contributed by atoms with van der Waals surface area (Å²) in [7, 11) is 0. The maximum atomic E-state index is 12.9. The summed E-state index contributed by atoms with van der Waals surface area (Å²) in [4.78, 5) is 19.4. The molecule has 2 aromatic carbocycles. The minimum atomic E-state index is 0.0305. The number of ether oxygens (including phenoxy) is 2. The second-order valence-electron chi connectivity index (χ2n) is 6.94. The Kier molecular flexibility index (Phi) is 3.96. The third-order valence-corrected chi connectivity index (χ3v) is 5.23. The van der Waals surface area contributed by atoms with Gasteiger partial charge in [0.1, 0.15) is 18.7 Å². The predicted molar refractivity (Wildman–Crippen MR) is 99.3 cm³/mol. The topological polar surface area (TPSA) is 64.8 Å². The number of para-hydroxylation sites is 2. The van der Waals surface area contributed by atoms with Crippen LogP contribution < -0.4 is 9.47 Å². The van der Waals surface area contributed by atoms with Gasteiger partial charge in [-0.1, -0.05) is 12.1 Å². The molecule has 138 valence electrons. The number of hydrogen-bond donors (Lipinski definition) is 0. The smallest absolute Gasteiger partial charge is 0.253 e. The van der Waals surface area contributed by atoms with Crippen molar-refractivity contribution in [3.63, 3.8) is 0 Å². The first-order valence-corrected chi connectivity index (χ1v) is 9.32. The van der Waals surface area contributed by atoms with Crippen LogP contribution >= 0.6 is 0 Å². The molecular formula is C21H20N2O4. The molecule has 0 radical (unpaired) electrons. The summed E-state index contributed by atoms with van der Waals surface area (Å²) in [6.07, 6.45) is 1.70. The van der Waals surface area contributed by atoms with Gasteiger partial charge in [0.2, 0.25) is 0 Å². The van der Waals surface area contributed by atoms with Gasteiger partial charge in [0.15, 0.2) is 23.0 Å². The highest BCUT2D eigenvalue weighted by molar-refractivity contribution is 5.95. The monoisotopic (exact) mass is 364 g/mol. The Morgan fingerprint density at radius 2 is 1.78 bits per heavy atom. The van der Waals surface area contributed by atoms with Crippen LogP contribution in [-0.4, -0.2) is 42.1 Å². The summed E-state index contributed by atoms with van der Waals surface area (Å²) >= 11 is 0. The van der Waals surface area contributed by atoms with Gasteiger partial charge < -0.3 is 18.8 Å². The molecular weight excluding hydrogens is 344 g/mol. The van der Waals surface area contributed by atoms with Crippen LogP contribution in [0.25, 0.3) is 11.1 Å². The molecule has 0 aliphatic carbocycles. The van der Waals surface area contributed by atoms with Crippen LogP contribution in [0, 0.1) is 0 Å². The molecule has 6 heteroatoms. The van der Waals surface area contributed by atoms with Gasteiger partial charge in [-0.05, 0) is 43.2 Å². The van der Waals surface area contributed by atoms with Gasteiger partial charge in [-0.2, -0.15) is 0 Å². The van der Waals surface area contributed by atoms with Crippen molar-refractivity contribution in [3.8, 4) is 11.5 Å². The highest BCUT2D eigenvalue weighted by atomic mass is 16.6. The Morgan fingerprint density at radius 1 is 1.00 bits per heavy atom. The van der Waals surface area contributed by atoms with Crippen molar-refractivity contribution in [1.82, 2.24) is 9.88 Å². The number of benzene rings is 2. The van der Waals surface area contributed by atoms with Crippen molar-refractivity contribution >= 4 is 17.0 Å². The van der Waals surface area contributed by atoms with E-state index in [1.807, 2.05) is 41.3 Å². The average molecular weight is 364 g/mol. The van der Waals surface area contributed by atoms with E-state index in [0.29, 0.717) is 43.4 Å². The van der Waals surface area contributed by atoms with E-state index in [1.54, 1.807) is 6.07 Å². The number of carbonyl (C=O) groups excluding carboxylic acids is 1. The Labute approximate surface area is 156 Å². The first kappa shape index (κ1) is 16.2. The number of carbonyl (C=O) groups is 1. The Bertz CT molecular complexity index is 956. The SMILES string of the molecule is O=C(c1ccc2c(c1)OCCO2)N1CCC(c2nc3ccccc3o2)CC1. The van der Waals surface area contributed by atoms with E-state index in [4.69, 9.17) is 13.9 Å². The maximum absolute atomic E-state index is 12.9. The maximum Gasteiger partial charge on any atom is 0.253 e. The van der Waals surface area contributed by atoms with Crippen molar-refractivity contribution in [2.75, 3.05) is 26.3 Å². The molecule has 1 fully saturated rings. The van der Waals surface area contributed by atoms with E-state index in [9.17, 15) is 4.79 Å². The van der Waals surface area contributed by atoms with Crippen molar-refractivity contribution in [2.45, 2.75) is 18.8 Å². The van der Waals surface area contributed by atoms with Gasteiger partial charge >= 0.3 is 0 Å². The van der Waals surface area contributed by atoms with Crippen LogP contribution in [0.3, 0.4) is 0 Å². The number of fused-ring (bicyclic) bond motifs is 2. The van der Waals surface area contributed by atoms with Gasteiger partial charge in [0, 0.05) is 24.6 Å². The highest BCUT2D eigenvalue weighted by Crippen LogP contribution is 2.33. The predicted octanol–water partition coefficient (Wildman–Crippen LogP) is 3.62. The van der Waals surface area contributed by atoms with E-state index >= 15 is 0 Å². The molecule has 1 amide bonds. The third kappa shape index (κ3) is 3.01. The number of aromatic nitrogens is 1. The average Bonchev–Trinajstić information content (AvgIpc) is 3.17. The van der Waals surface area contributed by atoms with Gasteiger partial charge in [-0.3, -0.25) is 4.79 Å².